The highest BCUT2D eigenvalue weighted by atomic mass is 79.9. The predicted octanol–water partition coefficient (Wildman–Crippen LogP) is 1.67. The third kappa shape index (κ3) is 3.51. The molecule has 1 aromatic heterocycles. The minimum Gasteiger partial charge on any atom is -0.348 e. The van der Waals surface area contributed by atoms with Crippen molar-refractivity contribution >= 4 is 21.8 Å². The van der Waals surface area contributed by atoms with Crippen LogP contribution in [-0.2, 0) is 0 Å². The third-order valence-corrected chi connectivity index (χ3v) is 3.44. The molecule has 92 valence electrons. The van der Waals surface area contributed by atoms with Crippen molar-refractivity contribution in [3.8, 4) is 0 Å². The second-order valence-electron chi connectivity index (χ2n) is 4.40. The van der Waals surface area contributed by atoms with E-state index in [9.17, 15) is 4.79 Å². The highest BCUT2D eigenvalue weighted by molar-refractivity contribution is 9.10. The van der Waals surface area contributed by atoms with Crippen LogP contribution in [0.3, 0.4) is 0 Å². The van der Waals surface area contributed by atoms with Crippen LogP contribution < -0.4 is 5.32 Å². The van der Waals surface area contributed by atoms with E-state index in [0.717, 1.165) is 25.9 Å². The quantitative estimate of drug-likeness (QED) is 0.845. The molecule has 1 fully saturated rings. The molecule has 0 saturated carbocycles. The highest BCUT2D eigenvalue weighted by Crippen LogP contribution is 2.10. The zero-order valence-corrected chi connectivity index (χ0v) is 11.4. The SMILES string of the molecule is CN1CCC(NC(=O)c2cccc(Br)n2)CC1. The Morgan fingerprint density at radius 2 is 2.18 bits per heavy atom. The van der Waals surface area contributed by atoms with Gasteiger partial charge in [0.25, 0.3) is 5.91 Å². The highest BCUT2D eigenvalue weighted by Gasteiger charge is 2.19. The number of halogens is 1. The lowest BCUT2D eigenvalue weighted by molar-refractivity contribution is 0.0911. The largest absolute Gasteiger partial charge is 0.348 e. The Morgan fingerprint density at radius 3 is 2.82 bits per heavy atom. The molecule has 1 aromatic rings. The molecule has 2 rings (SSSR count). The van der Waals surface area contributed by atoms with Gasteiger partial charge in [0.1, 0.15) is 10.3 Å². The zero-order valence-electron chi connectivity index (χ0n) is 9.82. The smallest absolute Gasteiger partial charge is 0.270 e. The molecule has 0 unspecified atom stereocenters. The van der Waals surface area contributed by atoms with E-state index in [2.05, 4.69) is 38.2 Å². The van der Waals surface area contributed by atoms with Gasteiger partial charge < -0.3 is 10.2 Å². The summed E-state index contributed by atoms with van der Waals surface area (Å²) in [5.41, 5.74) is 0.471. The number of hydrogen-bond acceptors (Lipinski definition) is 3. The summed E-state index contributed by atoms with van der Waals surface area (Å²) in [6.45, 7) is 2.08. The fraction of sp³-hybridized carbons (Fsp3) is 0.500. The number of carbonyl (C=O) groups is 1. The number of amides is 1. The molecule has 0 bridgehead atoms. The van der Waals surface area contributed by atoms with Crippen LogP contribution in [0.15, 0.2) is 22.8 Å². The second-order valence-corrected chi connectivity index (χ2v) is 5.21. The summed E-state index contributed by atoms with van der Waals surface area (Å²) in [6, 6.07) is 5.64. The maximum Gasteiger partial charge on any atom is 0.270 e. The third-order valence-electron chi connectivity index (χ3n) is 3.00. The van der Waals surface area contributed by atoms with Crippen LogP contribution in [-0.4, -0.2) is 42.0 Å². The lowest BCUT2D eigenvalue weighted by atomic mass is 10.1. The fourth-order valence-electron chi connectivity index (χ4n) is 1.95. The zero-order chi connectivity index (χ0) is 12.3. The van der Waals surface area contributed by atoms with Crippen molar-refractivity contribution in [1.82, 2.24) is 15.2 Å². The maximum atomic E-state index is 11.9. The number of nitrogens with zero attached hydrogens (tertiary/aromatic N) is 2. The summed E-state index contributed by atoms with van der Waals surface area (Å²) in [5, 5.41) is 3.03. The first-order valence-corrected chi connectivity index (χ1v) is 6.56. The van der Waals surface area contributed by atoms with Crippen molar-refractivity contribution in [2.75, 3.05) is 20.1 Å². The van der Waals surface area contributed by atoms with Gasteiger partial charge in [-0.3, -0.25) is 4.79 Å². The van der Waals surface area contributed by atoms with Crippen LogP contribution in [0.1, 0.15) is 23.3 Å². The first kappa shape index (κ1) is 12.5. The Hall–Kier alpha value is -0.940. The topological polar surface area (TPSA) is 45.2 Å². The number of pyridine rings is 1. The molecule has 2 heterocycles. The van der Waals surface area contributed by atoms with Crippen LogP contribution >= 0.6 is 15.9 Å². The van der Waals surface area contributed by atoms with Gasteiger partial charge in [0.05, 0.1) is 0 Å². The molecule has 0 aliphatic carbocycles. The van der Waals surface area contributed by atoms with Crippen molar-refractivity contribution in [3.05, 3.63) is 28.5 Å². The van der Waals surface area contributed by atoms with Crippen LogP contribution in [0.25, 0.3) is 0 Å². The maximum absolute atomic E-state index is 11.9. The molecular formula is C12H16BrN3O. The van der Waals surface area contributed by atoms with E-state index in [-0.39, 0.29) is 11.9 Å². The number of nitrogens with one attached hydrogen (secondary N) is 1. The Balaban J connectivity index is 1.93. The molecular weight excluding hydrogens is 282 g/mol. The number of carbonyl (C=O) groups excluding carboxylic acids is 1. The van der Waals surface area contributed by atoms with Crippen LogP contribution in [0.5, 0.6) is 0 Å². The molecule has 0 radical (unpaired) electrons. The first-order valence-electron chi connectivity index (χ1n) is 5.77. The number of piperidine rings is 1. The first-order chi connectivity index (χ1) is 8.15. The molecule has 1 N–H and O–H groups in total. The van der Waals surface area contributed by atoms with Crippen molar-refractivity contribution in [3.63, 3.8) is 0 Å². The average Bonchev–Trinajstić information content (AvgIpc) is 2.32. The molecule has 0 atom stereocenters. The van der Waals surface area contributed by atoms with Crippen LogP contribution in [0, 0.1) is 0 Å². The van der Waals surface area contributed by atoms with E-state index in [1.54, 1.807) is 6.07 Å². The molecule has 1 aliphatic rings. The molecule has 1 saturated heterocycles. The molecule has 5 heteroatoms. The summed E-state index contributed by atoms with van der Waals surface area (Å²) in [6.07, 6.45) is 2.02. The number of rotatable bonds is 2. The van der Waals surface area contributed by atoms with E-state index >= 15 is 0 Å². The van der Waals surface area contributed by atoms with E-state index in [1.165, 1.54) is 0 Å². The Bertz CT molecular complexity index is 402. The van der Waals surface area contributed by atoms with Crippen molar-refractivity contribution in [1.29, 1.82) is 0 Å². The molecule has 0 spiro atoms. The number of aromatic nitrogens is 1. The number of hydrogen-bond donors (Lipinski definition) is 1. The molecule has 4 nitrogen and oxygen atoms in total. The normalized spacial score (nSPS) is 18.0. The summed E-state index contributed by atoms with van der Waals surface area (Å²) in [7, 11) is 2.11. The molecule has 1 aliphatic heterocycles. The summed E-state index contributed by atoms with van der Waals surface area (Å²) < 4.78 is 0.688. The van der Waals surface area contributed by atoms with Gasteiger partial charge in [-0.15, -0.1) is 0 Å². The van der Waals surface area contributed by atoms with E-state index in [1.807, 2.05) is 12.1 Å². The molecule has 0 aromatic carbocycles. The Morgan fingerprint density at radius 1 is 1.47 bits per heavy atom. The van der Waals surface area contributed by atoms with Crippen LogP contribution in [0.2, 0.25) is 0 Å². The average molecular weight is 298 g/mol. The second kappa shape index (κ2) is 5.60. The Labute approximate surface area is 110 Å². The van der Waals surface area contributed by atoms with E-state index in [4.69, 9.17) is 0 Å². The van der Waals surface area contributed by atoms with Gasteiger partial charge >= 0.3 is 0 Å². The van der Waals surface area contributed by atoms with Crippen molar-refractivity contribution in [2.24, 2.45) is 0 Å². The monoisotopic (exact) mass is 297 g/mol. The lowest BCUT2D eigenvalue weighted by Gasteiger charge is -2.29. The Kier molecular flexibility index (Phi) is 4.12. The van der Waals surface area contributed by atoms with Gasteiger partial charge in [0, 0.05) is 6.04 Å². The minimum absolute atomic E-state index is 0.0825. The van der Waals surface area contributed by atoms with Gasteiger partial charge in [-0.2, -0.15) is 0 Å². The summed E-state index contributed by atoms with van der Waals surface area (Å²) in [4.78, 5) is 18.4. The lowest BCUT2D eigenvalue weighted by Crippen LogP contribution is -2.43. The molecule has 1 amide bonds. The molecule has 17 heavy (non-hydrogen) atoms. The van der Waals surface area contributed by atoms with Crippen molar-refractivity contribution in [2.45, 2.75) is 18.9 Å². The van der Waals surface area contributed by atoms with Crippen molar-refractivity contribution < 1.29 is 4.79 Å². The van der Waals surface area contributed by atoms with E-state index < -0.39 is 0 Å². The van der Waals surface area contributed by atoms with E-state index in [0.29, 0.717) is 10.3 Å². The van der Waals surface area contributed by atoms with Gasteiger partial charge in [-0.05, 0) is 61.0 Å². The van der Waals surface area contributed by atoms with Gasteiger partial charge in [-0.25, -0.2) is 4.98 Å². The van der Waals surface area contributed by atoms with Gasteiger partial charge in [-0.1, -0.05) is 6.07 Å². The standard InChI is InChI=1S/C12H16BrN3O/c1-16-7-5-9(6-8-16)14-12(17)10-3-2-4-11(13)15-10/h2-4,9H,5-8H2,1H3,(H,14,17). The summed E-state index contributed by atoms with van der Waals surface area (Å²) >= 11 is 3.27. The fourth-order valence-corrected chi connectivity index (χ4v) is 2.29. The minimum atomic E-state index is -0.0825. The van der Waals surface area contributed by atoms with Gasteiger partial charge in [0.15, 0.2) is 0 Å². The van der Waals surface area contributed by atoms with Crippen LogP contribution in [0.4, 0.5) is 0 Å². The summed E-state index contributed by atoms with van der Waals surface area (Å²) in [5.74, 6) is -0.0825. The van der Waals surface area contributed by atoms with Gasteiger partial charge in [0.2, 0.25) is 0 Å². The number of likely N-dealkylation sites (tertiary alicyclic amines) is 1. The predicted molar refractivity (Wildman–Crippen MR) is 69.9 cm³/mol.